The Balaban J connectivity index is 1.58. The van der Waals surface area contributed by atoms with Crippen LogP contribution < -0.4 is 15.5 Å². The molecular weight excluding hydrogens is 320 g/mol. The van der Waals surface area contributed by atoms with Gasteiger partial charge >= 0.3 is 0 Å². The van der Waals surface area contributed by atoms with Gasteiger partial charge in [0.25, 0.3) is 0 Å². The van der Waals surface area contributed by atoms with Gasteiger partial charge in [-0.05, 0) is 48.6 Å². The molecule has 1 aromatic heterocycles. The summed E-state index contributed by atoms with van der Waals surface area (Å²) >= 11 is 5.20. The minimum absolute atomic E-state index is 0.400. The zero-order chi connectivity index (χ0) is 16.8. The van der Waals surface area contributed by atoms with Crippen molar-refractivity contribution in [2.45, 2.75) is 0 Å². The Morgan fingerprint density at radius 3 is 2.67 bits per heavy atom. The van der Waals surface area contributed by atoms with E-state index in [4.69, 9.17) is 17.0 Å². The van der Waals surface area contributed by atoms with Gasteiger partial charge in [-0.2, -0.15) is 5.10 Å². The van der Waals surface area contributed by atoms with Crippen LogP contribution in [0.3, 0.4) is 0 Å². The second-order valence-electron chi connectivity index (χ2n) is 4.98. The number of thiocarbonyl (C=S) groups is 1. The van der Waals surface area contributed by atoms with Crippen molar-refractivity contribution in [1.82, 2.24) is 10.4 Å². The number of para-hydroxylation sites is 1. The van der Waals surface area contributed by atoms with E-state index >= 15 is 0 Å². The molecule has 3 rings (SSSR count). The van der Waals surface area contributed by atoms with E-state index in [1.54, 1.807) is 13.3 Å². The Bertz CT molecular complexity index is 878. The first kappa shape index (κ1) is 15.9. The largest absolute Gasteiger partial charge is 0.497 e. The van der Waals surface area contributed by atoms with Crippen LogP contribution in [-0.4, -0.2) is 23.4 Å². The molecule has 0 atom stereocenters. The molecule has 0 saturated heterocycles. The SMILES string of the molecule is COc1ccc(NC(=S)N/N=C/c2ccc3ccccc3n2)cc1. The lowest BCUT2D eigenvalue weighted by atomic mass is 10.2. The number of pyridine rings is 1. The fourth-order valence-corrected chi connectivity index (χ4v) is 2.31. The van der Waals surface area contributed by atoms with Crippen molar-refractivity contribution in [2.75, 3.05) is 12.4 Å². The molecule has 5 nitrogen and oxygen atoms in total. The molecule has 0 aliphatic heterocycles. The van der Waals surface area contributed by atoms with Crippen LogP contribution in [0.1, 0.15) is 5.69 Å². The van der Waals surface area contributed by atoms with Crippen LogP contribution in [0.15, 0.2) is 65.8 Å². The van der Waals surface area contributed by atoms with Crippen LogP contribution in [-0.2, 0) is 0 Å². The normalized spacial score (nSPS) is 10.7. The van der Waals surface area contributed by atoms with E-state index in [2.05, 4.69) is 20.8 Å². The minimum atomic E-state index is 0.400. The predicted molar refractivity (Wildman–Crippen MR) is 102 cm³/mol. The minimum Gasteiger partial charge on any atom is -0.497 e. The fraction of sp³-hybridized carbons (Fsp3) is 0.0556. The van der Waals surface area contributed by atoms with E-state index < -0.39 is 0 Å². The number of rotatable bonds is 4. The van der Waals surface area contributed by atoms with E-state index in [0.717, 1.165) is 28.0 Å². The molecule has 0 amide bonds. The average molecular weight is 336 g/mol. The summed E-state index contributed by atoms with van der Waals surface area (Å²) in [4.78, 5) is 4.51. The lowest BCUT2D eigenvalue weighted by Gasteiger charge is -2.07. The second kappa shape index (κ2) is 7.52. The molecule has 6 heteroatoms. The Morgan fingerprint density at radius 2 is 1.88 bits per heavy atom. The van der Waals surface area contributed by atoms with Gasteiger partial charge in [0.1, 0.15) is 5.75 Å². The smallest absolute Gasteiger partial charge is 0.191 e. The Labute approximate surface area is 145 Å². The van der Waals surface area contributed by atoms with Gasteiger partial charge in [-0.15, -0.1) is 0 Å². The lowest BCUT2D eigenvalue weighted by molar-refractivity contribution is 0.415. The Hall–Kier alpha value is -2.99. The summed E-state index contributed by atoms with van der Waals surface area (Å²) in [7, 11) is 1.63. The van der Waals surface area contributed by atoms with Gasteiger partial charge in [-0.25, -0.2) is 4.98 Å². The topological polar surface area (TPSA) is 58.5 Å². The third-order valence-corrected chi connectivity index (χ3v) is 3.52. The fourth-order valence-electron chi connectivity index (χ4n) is 2.14. The number of ether oxygens (including phenoxy) is 1. The first-order chi connectivity index (χ1) is 11.7. The van der Waals surface area contributed by atoms with E-state index in [-0.39, 0.29) is 0 Å². The molecular formula is C18H16N4OS. The standard InChI is InChI=1S/C18H16N4OS/c1-23-16-10-8-14(9-11-16)21-18(24)22-19-12-15-7-6-13-4-2-3-5-17(13)20-15/h2-12H,1H3,(H2,21,22,24)/b19-12+. The number of hydrogen-bond acceptors (Lipinski definition) is 4. The maximum atomic E-state index is 5.20. The molecule has 0 aliphatic rings. The second-order valence-corrected chi connectivity index (χ2v) is 5.39. The molecule has 0 radical (unpaired) electrons. The average Bonchev–Trinajstić information content (AvgIpc) is 2.62. The summed E-state index contributed by atoms with van der Waals surface area (Å²) in [5.74, 6) is 0.792. The summed E-state index contributed by atoms with van der Waals surface area (Å²) in [6.07, 6.45) is 1.63. The first-order valence-electron chi connectivity index (χ1n) is 7.34. The Morgan fingerprint density at radius 1 is 1.08 bits per heavy atom. The molecule has 0 fully saturated rings. The van der Waals surface area contributed by atoms with Gasteiger partial charge in [-0.3, -0.25) is 5.43 Å². The maximum absolute atomic E-state index is 5.20. The highest BCUT2D eigenvalue weighted by Crippen LogP contribution is 2.14. The van der Waals surface area contributed by atoms with E-state index in [9.17, 15) is 0 Å². The highest BCUT2D eigenvalue weighted by Gasteiger charge is 1.98. The number of nitrogens with zero attached hydrogens (tertiary/aromatic N) is 2. The molecule has 1 heterocycles. The summed E-state index contributed by atoms with van der Waals surface area (Å²) in [6.45, 7) is 0. The molecule has 120 valence electrons. The molecule has 2 N–H and O–H groups in total. The number of aromatic nitrogens is 1. The number of anilines is 1. The maximum Gasteiger partial charge on any atom is 0.191 e. The van der Waals surface area contributed by atoms with Gasteiger partial charge in [0, 0.05) is 11.1 Å². The van der Waals surface area contributed by atoms with Crippen LogP contribution in [0, 0.1) is 0 Å². The van der Waals surface area contributed by atoms with Crippen LogP contribution in [0.5, 0.6) is 5.75 Å². The van der Waals surface area contributed by atoms with Crippen molar-refractivity contribution in [3.63, 3.8) is 0 Å². The highest BCUT2D eigenvalue weighted by atomic mass is 32.1. The molecule has 0 spiro atoms. The lowest BCUT2D eigenvalue weighted by Crippen LogP contribution is -2.23. The number of nitrogens with one attached hydrogen (secondary N) is 2. The molecule has 0 unspecified atom stereocenters. The van der Waals surface area contributed by atoms with Crippen LogP contribution in [0.2, 0.25) is 0 Å². The molecule has 24 heavy (non-hydrogen) atoms. The summed E-state index contributed by atoms with van der Waals surface area (Å²) in [5.41, 5.74) is 5.32. The molecule has 3 aromatic rings. The third kappa shape index (κ3) is 4.05. The highest BCUT2D eigenvalue weighted by molar-refractivity contribution is 7.80. The first-order valence-corrected chi connectivity index (χ1v) is 7.75. The summed E-state index contributed by atoms with van der Waals surface area (Å²) < 4.78 is 5.11. The third-order valence-electron chi connectivity index (χ3n) is 3.33. The number of benzene rings is 2. The molecule has 2 aromatic carbocycles. The van der Waals surface area contributed by atoms with Crippen LogP contribution in [0.25, 0.3) is 10.9 Å². The van der Waals surface area contributed by atoms with Crippen molar-refractivity contribution < 1.29 is 4.74 Å². The van der Waals surface area contributed by atoms with E-state index in [0.29, 0.717) is 5.11 Å². The molecule has 0 bridgehead atoms. The number of hydrogen-bond donors (Lipinski definition) is 2. The number of fused-ring (bicyclic) bond motifs is 1. The van der Waals surface area contributed by atoms with Crippen molar-refractivity contribution in [3.05, 3.63) is 66.4 Å². The van der Waals surface area contributed by atoms with Gasteiger partial charge in [0.05, 0.1) is 24.5 Å². The zero-order valence-electron chi connectivity index (χ0n) is 13.1. The van der Waals surface area contributed by atoms with Crippen molar-refractivity contribution in [1.29, 1.82) is 0 Å². The van der Waals surface area contributed by atoms with Gasteiger partial charge in [0.2, 0.25) is 0 Å². The quantitative estimate of drug-likeness (QED) is 0.433. The van der Waals surface area contributed by atoms with Crippen LogP contribution in [0.4, 0.5) is 5.69 Å². The monoisotopic (exact) mass is 336 g/mol. The Kier molecular flexibility index (Phi) is 4.98. The molecule has 0 aliphatic carbocycles. The van der Waals surface area contributed by atoms with Crippen molar-refractivity contribution in [3.8, 4) is 5.75 Å². The zero-order valence-corrected chi connectivity index (χ0v) is 13.9. The molecule has 0 saturated carbocycles. The summed E-state index contributed by atoms with van der Waals surface area (Å²) in [5, 5.41) is 8.65. The van der Waals surface area contributed by atoms with Crippen molar-refractivity contribution in [2.24, 2.45) is 5.10 Å². The number of methoxy groups -OCH3 is 1. The van der Waals surface area contributed by atoms with Crippen LogP contribution >= 0.6 is 12.2 Å². The predicted octanol–water partition coefficient (Wildman–Crippen LogP) is 3.56. The number of hydrazone groups is 1. The van der Waals surface area contributed by atoms with Crippen molar-refractivity contribution >= 4 is 40.1 Å². The van der Waals surface area contributed by atoms with Gasteiger partial charge in [0.15, 0.2) is 5.11 Å². The summed E-state index contributed by atoms with van der Waals surface area (Å²) in [6, 6.07) is 19.3. The van der Waals surface area contributed by atoms with Gasteiger partial charge in [-0.1, -0.05) is 24.3 Å². The van der Waals surface area contributed by atoms with E-state index in [1.165, 1.54) is 0 Å². The van der Waals surface area contributed by atoms with E-state index in [1.807, 2.05) is 60.7 Å². The van der Waals surface area contributed by atoms with Gasteiger partial charge < -0.3 is 10.1 Å².